The Morgan fingerprint density at radius 2 is 1.73 bits per heavy atom. The predicted octanol–water partition coefficient (Wildman–Crippen LogP) is 0.361. The summed E-state index contributed by atoms with van der Waals surface area (Å²) in [5.74, 6) is -0.157. The van der Waals surface area contributed by atoms with Crippen molar-refractivity contribution in [2.45, 2.75) is 51.7 Å². The van der Waals surface area contributed by atoms with Gasteiger partial charge in [-0.15, -0.1) is 0 Å². The van der Waals surface area contributed by atoms with Gasteiger partial charge in [0.1, 0.15) is 6.04 Å². The third-order valence-corrected chi connectivity index (χ3v) is 2.08. The Hall–Kier alpha value is -1.26. The van der Waals surface area contributed by atoms with Crippen molar-refractivity contribution in [1.82, 2.24) is 16.0 Å². The largest absolute Gasteiger partial charge is 0.352 e. The van der Waals surface area contributed by atoms with Crippen molar-refractivity contribution in [3.8, 4) is 0 Å². The number of hydrogen-bond donors (Lipinski definition) is 3. The summed E-state index contributed by atoms with van der Waals surface area (Å²) in [5, 5.41) is 8.09. The van der Waals surface area contributed by atoms with Crippen LogP contribution in [0.3, 0.4) is 0 Å². The van der Waals surface area contributed by atoms with Crippen molar-refractivity contribution >= 4 is 11.9 Å². The first-order valence-corrected chi connectivity index (χ1v) is 5.36. The summed E-state index contributed by atoms with van der Waals surface area (Å²) in [6.07, 6.45) is 2.08. The van der Waals surface area contributed by atoms with E-state index in [4.69, 9.17) is 0 Å². The summed E-state index contributed by atoms with van der Waals surface area (Å²) in [6, 6.07) is -0.353. The number of nitrogens with one attached hydrogen (secondary N) is 3. The first-order valence-electron chi connectivity index (χ1n) is 5.36. The van der Waals surface area contributed by atoms with Gasteiger partial charge < -0.3 is 16.0 Å². The zero-order valence-electron chi connectivity index (χ0n) is 9.46. The molecule has 1 saturated carbocycles. The molecule has 1 unspecified atom stereocenters. The van der Waals surface area contributed by atoms with E-state index in [1.165, 1.54) is 0 Å². The Kier molecular flexibility index (Phi) is 3.94. The summed E-state index contributed by atoms with van der Waals surface area (Å²) in [6.45, 7) is 5.44. The van der Waals surface area contributed by atoms with E-state index in [-0.39, 0.29) is 18.0 Å². The van der Waals surface area contributed by atoms with Crippen LogP contribution in [0, 0.1) is 0 Å². The Balaban J connectivity index is 2.23. The standard InChI is InChI=1S/C10H19N3O2/c1-6(2)11-9(14)7(3)12-10(15)13-8-4-5-8/h6-8H,4-5H2,1-3H3,(H,11,14)(H2,12,13,15). The molecule has 1 aliphatic rings. The maximum Gasteiger partial charge on any atom is 0.315 e. The van der Waals surface area contributed by atoms with Crippen molar-refractivity contribution in [1.29, 1.82) is 0 Å². The molecule has 0 aromatic carbocycles. The fraction of sp³-hybridized carbons (Fsp3) is 0.800. The van der Waals surface area contributed by atoms with Crippen molar-refractivity contribution in [3.63, 3.8) is 0 Å². The molecule has 5 heteroatoms. The Bertz CT molecular complexity index is 249. The first-order chi connectivity index (χ1) is 6.99. The van der Waals surface area contributed by atoms with E-state index in [0.717, 1.165) is 12.8 Å². The van der Waals surface area contributed by atoms with Gasteiger partial charge in [-0.2, -0.15) is 0 Å². The number of urea groups is 1. The van der Waals surface area contributed by atoms with Gasteiger partial charge in [0.15, 0.2) is 0 Å². The van der Waals surface area contributed by atoms with E-state index in [1.54, 1.807) is 6.92 Å². The van der Waals surface area contributed by atoms with Gasteiger partial charge in [-0.25, -0.2) is 4.79 Å². The molecule has 86 valence electrons. The fourth-order valence-corrected chi connectivity index (χ4v) is 1.13. The number of carbonyl (C=O) groups excluding carboxylic acids is 2. The molecular weight excluding hydrogens is 194 g/mol. The van der Waals surface area contributed by atoms with Crippen molar-refractivity contribution in [3.05, 3.63) is 0 Å². The minimum Gasteiger partial charge on any atom is -0.352 e. The van der Waals surface area contributed by atoms with E-state index in [1.807, 2.05) is 13.8 Å². The van der Waals surface area contributed by atoms with E-state index >= 15 is 0 Å². The highest BCUT2D eigenvalue weighted by Crippen LogP contribution is 2.18. The lowest BCUT2D eigenvalue weighted by molar-refractivity contribution is -0.123. The monoisotopic (exact) mass is 213 g/mol. The number of carbonyl (C=O) groups is 2. The second kappa shape index (κ2) is 5.00. The van der Waals surface area contributed by atoms with E-state index < -0.39 is 6.04 Å². The van der Waals surface area contributed by atoms with Gasteiger partial charge in [0, 0.05) is 12.1 Å². The minimum absolute atomic E-state index is 0.0910. The fourth-order valence-electron chi connectivity index (χ4n) is 1.13. The molecule has 3 N–H and O–H groups in total. The molecule has 0 aliphatic heterocycles. The molecule has 1 rings (SSSR count). The van der Waals surface area contributed by atoms with Crippen LogP contribution in [-0.4, -0.2) is 30.1 Å². The summed E-state index contributed by atoms with van der Waals surface area (Å²) < 4.78 is 0. The van der Waals surface area contributed by atoms with Gasteiger partial charge in [0.05, 0.1) is 0 Å². The smallest absolute Gasteiger partial charge is 0.315 e. The minimum atomic E-state index is -0.494. The Labute approximate surface area is 90.0 Å². The highest BCUT2D eigenvalue weighted by atomic mass is 16.2. The van der Waals surface area contributed by atoms with Crippen LogP contribution in [0.4, 0.5) is 4.79 Å². The second-order valence-electron chi connectivity index (χ2n) is 4.28. The van der Waals surface area contributed by atoms with Gasteiger partial charge >= 0.3 is 6.03 Å². The average molecular weight is 213 g/mol. The molecule has 1 aliphatic carbocycles. The van der Waals surface area contributed by atoms with Crippen LogP contribution in [0.15, 0.2) is 0 Å². The van der Waals surface area contributed by atoms with Crippen LogP contribution >= 0.6 is 0 Å². The van der Waals surface area contributed by atoms with Crippen molar-refractivity contribution in [2.24, 2.45) is 0 Å². The molecule has 15 heavy (non-hydrogen) atoms. The molecule has 0 heterocycles. The maximum atomic E-state index is 11.4. The summed E-state index contributed by atoms with van der Waals surface area (Å²) in [5.41, 5.74) is 0. The van der Waals surface area contributed by atoms with Gasteiger partial charge in [-0.3, -0.25) is 4.79 Å². The molecule has 5 nitrogen and oxygen atoms in total. The van der Waals surface area contributed by atoms with Gasteiger partial charge in [-0.05, 0) is 33.6 Å². The quantitative estimate of drug-likeness (QED) is 0.631. The lowest BCUT2D eigenvalue weighted by Crippen LogP contribution is -2.50. The van der Waals surface area contributed by atoms with Gasteiger partial charge in [-0.1, -0.05) is 0 Å². The Morgan fingerprint density at radius 3 is 2.20 bits per heavy atom. The highest BCUT2D eigenvalue weighted by Gasteiger charge is 2.24. The molecular formula is C10H19N3O2. The summed E-state index contributed by atoms with van der Waals surface area (Å²) >= 11 is 0. The van der Waals surface area contributed by atoms with Crippen LogP contribution < -0.4 is 16.0 Å². The number of rotatable bonds is 4. The van der Waals surface area contributed by atoms with Crippen LogP contribution in [0.25, 0.3) is 0 Å². The summed E-state index contributed by atoms with van der Waals surface area (Å²) in [4.78, 5) is 22.7. The van der Waals surface area contributed by atoms with E-state index in [9.17, 15) is 9.59 Å². The third kappa shape index (κ3) is 4.67. The normalized spacial score (nSPS) is 17.1. The SMILES string of the molecule is CC(C)NC(=O)C(C)NC(=O)NC1CC1. The topological polar surface area (TPSA) is 70.2 Å². The molecule has 0 radical (unpaired) electrons. The Morgan fingerprint density at radius 1 is 1.13 bits per heavy atom. The molecule has 0 aromatic heterocycles. The molecule has 0 saturated heterocycles. The molecule has 3 amide bonds. The van der Waals surface area contributed by atoms with Crippen LogP contribution in [0.2, 0.25) is 0 Å². The van der Waals surface area contributed by atoms with Crippen LogP contribution in [-0.2, 0) is 4.79 Å². The number of hydrogen-bond acceptors (Lipinski definition) is 2. The average Bonchev–Trinajstić information content (AvgIpc) is 2.86. The number of amides is 3. The summed E-state index contributed by atoms with van der Waals surface area (Å²) in [7, 11) is 0. The second-order valence-corrected chi connectivity index (χ2v) is 4.28. The van der Waals surface area contributed by atoms with Gasteiger partial charge in [0.2, 0.25) is 5.91 Å². The zero-order chi connectivity index (χ0) is 11.4. The van der Waals surface area contributed by atoms with E-state index in [0.29, 0.717) is 6.04 Å². The van der Waals surface area contributed by atoms with Crippen molar-refractivity contribution < 1.29 is 9.59 Å². The molecule has 1 fully saturated rings. The highest BCUT2D eigenvalue weighted by molar-refractivity contribution is 5.86. The molecule has 0 bridgehead atoms. The predicted molar refractivity (Wildman–Crippen MR) is 57.4 cm³/mol. The molecule has 0 aromatic rings. The first kappa shape index (κ1) is 11.8. The third-order valence-electron chi connectivity index (χ3n) is 2.08. The maximum absolute atomic E-state index is 11.4. The van der Waals surface area contributed by atoms with Gasteiger partial charge in [0.25, 0.3) is 0 Å². The van der Waals surface area contributed by atoms with Crippen LogP contribution in [0.5, 0.6) is 0 Å². The van der Waals surface area contributed by atoms with Crippen molar-refractivity contribution in [2.75, 3.05) is 0 Å². The lowest BCUT2D eigenvalue weighted by Gasteiger charge is -2.16. The van der Waals surface area contributed by atoms with Crippen LogP contribution in [0.1, 0.15) is 33.6 Å². The van der Waals surface area contributed by atoms with E-state index in [2.05, 4.69) is 16.0 Å². The molecule has 1 atom stereocenters. The molecule has 0 spiro atoms. The lowest BCUT2D eigenvalue weighted by atomic mass is 10.3. The zero-order valence-corrected chi connectivity index (χ0v) is 9.46.